The minimum atomic E-state index is 0.0492. The molecule has 2 aromatic heterocycles. The maximum Gasteiger partial charge on any atom is 0.270 e. The Labute approximate surface area is 413 Å². The lowest BCUT2D eigenvalue weighted by Crippen LogP contribution is -2.06. The number of unbranched alkanes of at least 4 members (excludes halogenated alkanes) is 14. The van der Waals surface area contributed by atoms with E-state index in [9.17, 15) is 10.5 Å². The monoisotopic (exact) mass is 1020 g/mol. The van der Waals surface area contributed by atoms with Gasteiger partial charge in [0.2, 0.25) is 0 Å². The number of benzene rings is 3. The number of allylic oxidation sites excluding steroid dienone is 2. The quantitative estimate of drug-likeness (QED) is 0.0386. The molecule has 0 spiro atoms. The standard InChI is InChI=1S/C57H58Br2N4S2/c1-6-8-10-12-14-15-16-17-19-21-23-38(22-20-18-13-11-9-7-2)29-41-32-53(59)65-57(41)40-25-27-43-45-34-48-44(33-49(45)55(47(43)31-40)51(36-61)63-5)42-26-24-39(56-37(3)28-52(58)64-56)30-46(42)54(48)50(35-60)62-4/h24-28,30-34,38H,6-23,29H2,1-3H3/b54-50-,55-51+. The smallest absolute Gasteiger partial charge is 0.226 e. The van der Waals surface area contributed by atoms with Gasteiger partial charge in [0.15, 0.2) is 0 Å². The minimum Gasteiger partial charge on any atom is -0.226 e. The maximum absolute atomic E-state index is 10.5. The highest BCUT2D eigenvalue weighted by molar-refractivity contribution is 9.11. The fourth-order valence-corrected chi connectivity index (χ4v) is 13.5. The Kier molecular flexibility index (Phi) is 17.3. The molecule has 5 aromatic rings. The van der Waals surface area contributed by atoms with Crippen LogP contribution in [-0.4, -0.2) is 0 Å². The zero-order chi connectivity index (χ0) is 45.9. The Morgan fingerprint density at radius 1 is 0.538 bits per heavy atom. The van der Waals surface area contributed by atoms with Crippen LogP contribution in [0.1, 0.15) is 163 Å². The van der Waals surface area contributed by atoms with Crippen molar-refractivity contribution in [3.05, 3.63) is 136 Å². The van der Waals surface area contributed by atoms with Crippen LogP contribution in [0.25, 0.3) is 64.0 Å². The largest absolute Gasteiger partial charge is 0.270 e. The Balaban J connectivity index is 1.20. The molecule has 0 bridgehead atoms. The van der Waals surface area contributed by atoms with Gasteiger partial charge >= 0.3 is 0 Å². The van der Waals surface area contributed by atoms with E-state index < -0.39 is 0 Å². The number of nitrogens with zero attached hydrogens (tertiary/aromatic N) is 4. The number of halogens is 2. The molecule has 0 saturated heterocycles. The number of nitriles is 2. The average molecular weight is 1020 g/mol. The van der Waals surface area contributed by atoms with Crippen LogP contribution in [-0.2, 0) is 6.42 Å². The van der Waals surface area contributed by atoms with Crippen molar-refractivity contribution in [1.82, 2.24) is 0 Å². The first-order valence-electron chi connectivity index (χ1n) is 23.8. The van der Waals surface area contributed by atoms with Crippen molar-refractivity contribution in [3.8, 4) is 55.3 Å². The van der Waals surface area contributed by atoms with E-state index >= 15 is 0 Å². The molecule has 7 rings (SSSR count). The topological polar surface area (TPSA) is 56.3 Å². The summed E-state index contributed by atoms with van der Waals surface area (Å²) in [4.78, 5) is 9.91. The Bertz CT molecular complexity index is 2740. The number of hydrogen-bond donors (Lipinski definition) is 0. The summed E-state index contributed by atoms with van der Waals surface area (Å²) in [6.45, 7) is 22.9. The first-order valence-corrected chi connectivity index (χ1v) is 27.0. The third-order valence-electron chi connectivity index (χ3n) is 13.4. The zero-order valence-corrected chi connectivity index (χ0v) is 43.0. The molecule has 8 heteroatoms. The van der Waals surface area contributed by atoms with Gasteiger partial charge in [0.1, 0.15) is 0 Å². The summed E-state index contributed by atoms with van der Waals surface area (Å²) >= 11 is 11.0. The predicted molar refractivity (Wildman–Crippen MR) is 282 cm³/mol. The average Bonchev–Trinajstić information content (AvgIpc) is 4.04. The van der Waals surface area contributed by atoms with Crippen LogP contribution in [0.2, 0.25) is 0 Å². The van der Waals surface area contributed by atoms with E-state index in [0.717, 1.165) is 80.1 Å². The molecule has 3 aromatic carbocycles. The number of hydrogen-bond acceptors (Lipinski definition) is 4. The molecule has 332 valence electrons. The van der Waals surface area contributed by atoms with Crippen molar-refractivity contribution in [2.24, 2.45) is 5.92 Å². The lowest BCUT2D eigenvalue weighted by Gasteiger charge is -2.18. The number of rotatable bonds is 22. The van der Waals surface area contributed by atoms with E-state index in [-0.39, 0.29) is 11.4 Å². The lowest BCUT2D eigenvalue weighted by molar-refractivity contribution is 0.400. The van der Waals surface area contributed by atoms with E-state index in [1.165, 1.54) is 126 Å². The van der Waals surface area contributed by atoms with Gasteiger partial charge in [-0.1, -0.05) is 154 Å². The SMILES string of the molecule is [C-]#[N+]/C(C#N)=C1/c2cc(-c3sc(Br)cc3C)ccc2-c2cc3c(cc21)-c1ccc(-c2sc(Br)cc2CC(CCCCCCCC)CCCCCCCCCCCC)cc1/C3=C(/C#N)[N+]#[C-]. The van der Waals surface area contributed by atoms with Crippen molar-refractivity contribution < 1.29 is 0 Å². The lowest BCUT2D eigenvalue weighted by atomic mass is 9.88. The number of fused-ring (bicyclic) bond motifs is 6. The predicted octanol–water partition coefficient (Wildman–Crippen LogP) is 19.6. The summed E-state index contributed by atoms with van der Waals surface area (Å²) in [5, 5.41) is 20.8. The summed E-state index contributed by atoms with van der Waals surface area (Å²) in [6.07, 6.45) is 25.0. The van der Waals surface area contributed by atoms with Gasteiger partial charge in [-0.05, 0) is 154 Å². The van der Waals surface area contributed by atoms with Gasteiger partial charge in [0.05, 0.1) is 32.9 Å². The minimum absolute atomic E-state index is 0.0492. The molecule has 2 heterocycles. The molecule has 0 aliphatic heterocycles. The molecule has 4 nitrogen and oxygen atoms in total. The van der Waals surface area contributed by atoms with Gasteiger partial charge in [-0.25, -0.2) is 20.2 Å². The molecular weight excluding hydrogens is 965 g/mol. The highest BCUT2D eigenvalue weighted by Gasteiger charge is 2.34. The van der Waals surface area contributed by atoms with Crippen LogP contribution >= 0.6 is 54.5 Å². The summed E-state index contributed by atoms with van der Waals surface area (Å²) < 4.78 is 2.16. The van der Waals surface area contributed by atoms with E-state index in [1.807, 2.05) is 0 Å². The van der Waals surface area contributed by atoms with Gasteiger partial charge in [0.25, 0.3) is 11.4 Å². The van der Waals surface area contributed by atoms with Crippen molar-refractivity contribution in [2.45, 2.75) is 143 Å². The normalized spacial score (nSPS) is 14.1. The van der Waals surface area contributed by atoms with Gasteiger partial charge in [-0.15, -0.1) is 22.7 Å². The molecule has 2 aliphatic rings. The second kappa shape index (κ2) is 23.3. The highest BCUT2D eigenvalue weighted by Crippen LogP contribution is 2.55. The van der Waals surface area contributed by atoms with E-state index in [0.29, 0.717) is 17.1 Å². The second-order valence-electron chi connectivity index (χ2n) is 17.9. The Morgan fingerprint density at radius 2 is 0.954 bits per heavy atom. The number of thiophene rings is 2. The van der Waals surface area contributed by atoms with Crippen LogP contribution < -0.4 is 0 Å². The fourth-order valence-electron chi connectivity index (χ4n) is 10.1. The van der Waals surface area contributed by atoms with E-state index in [2.05, 4.69) is 135 Å². The molecule has 0 amide bonds. The molecule has 1 unspecified atom stereocenters. The maximum atomic E-state index is 10.5. The Hall–Kier alpha value is -4.54. The third kappa shape index (κ3) is 11.0. The van der Waals surface area contributed by atoms with Crippen molar-refractivity contribution in [3.63, 3.8) is 0 Å². The molecular formula is C57H58Br2N4S2. The van der Waals surface area contributed by atoms with Gasteiger partial charge < -0.3 is 0 Å². The molecule has 0 radical (unpaired) electrons. The van der Waals surface area contributed by atoms with E-state index in [1.54, 1.807) is 22.7 Å². The molecule has 0 N–H and O–H groups in total. The van der Waals surface area contributed by atoms with Crippen molar-refractivity contribution >= 4 is 65.7 Å². The van der Waals surface area contributed by atoms with Crippen LogP contribution in [0.15, 0.2) is 79.6 Å². The van der Waals surface area contributed by atoms with Crippen LogP contribution in [0, 0.1) is 48.6 Å². The summed E-state index contributed by atoms with van der Waals surface area (Å²) in [5.74, 6) is 0.630. The number of aryl methyl sites for hydroxylation is 1. The van der Waals surface area contributed by atoms with E-state index in [4.69, 9.17) is 13.1 Å². The summed E-state index contributed by atoms with van der Waals surface area (Å²) in [7, 11) is 0. The fraction of sp³-hybridized carbons (Fsp3) is 0.404. The van der Waals surface area contributed by atoms with Crippen LogP contribution in [0.4, 0.5) is 0 Å². The van der Waals surface area contributed by atoms with Crippen LogP contribution in [0.3, 0.4) is 0 Å². The van der Waals surface area contributed by atoms with Gasteiger partial charge in [-0.2, -0.15) is 0 Å². The van der Waals surface area contributed by atoms with Gasteiger partial charge in [0, 0.05) is 20.9 Å². The molecule has 2 aliphatic carbocycles. The van der Waals surface area contributed by atoms with Crippen molar-refractivity contribution in [2.75, 3.05) is 0 Å². The molecule has 0 fully saturated rings. The summed E-state index contributed by atoms with van der Waals surface area (Å²) in [6, 6.07) is 25.9. The summed E-state index contributed by atoms with van der Waals surface area (Å²) in [5.41, 5.74) is 13.1. The highest BCUT2D eigenvalue weighted by atomic mass is 79.9. The molecule has 0 saturated carbocycles. The molecule has 65 heavy (non-hydrogen) atoms. The van der Waals surface area contributed by atoms with Crippen molar-refractivity contribution in [1.29, 1.82) is 10.5 Å². The van der Waals surface area contributed by atoms with Gasteiger partial charge in [-0.3, -0.25) is 0 Å². The third-order valence-corrected chi connectivity index (χ3v) is 16.9. The van der Waals surface area contributed by atoms with Crippen LogP contribution in [0.5, 0.6) is 0 Å². The first kappa shape index (κ1) is 48.4. The first-order chi connectivity index (χ1) is 31.7. The zero-order valence-electron chi connectivity index (χ0n) is 38.1. The second-order valence-corrected chi connectivity index (χ2v) is 22.8. The molecule has 1 atom stereocenters. The Morgan fingerprint density at radius 3 is 1.38 bits per heavy atom.